The number of carbonyl (C=O) groups is 9. The molecule has 25 heteroatoms. The van der Waals surface area contributed by atoms with Crippen LogP contribution in [0.4, 0.5) is 0 Å². The fraction of sp³-hybridized carbons (Fsp3) is 0.591. The van der Waals surface area contributed by atoms with E-state index in [0.717, 1.165) is 0 Å². The van der Waals surface area contributed by atoms with Crippen LogP contribution in [0.1, 0.15) is 80.6 Å². The van der Waals surface area contributed by atoms with Crippen molar-refractivity contribution in [3.05, 3.63) is 53.2 Å². The maximum atomic E-state index is 14.3. The first-order valence-corrected chi connectivity index (χ1v) is 22.8. The highest BCUT2D eigenvalue weighted by Gasteiger charge is 2.36. The monoisotopic (exact) mass is 972 g/mol. The summed E-state index contributed by atoms with van der Waals surface area (Å²) in [5.41, 5.74) is 18.0. The number of aryl methyl sites for hydroxylation is 2. The number of benzene rings is 1. The molecule has 9 amide bonds. The van der Waals surface area contributed by atoms with Crippen molar-refractivity contribution < 1.29 is 57.8 Å². The van der Waals surface area contributed by atoms with Crippen molar-refractivity contribution in [1.29, 1.82) is 0 Å². The van der Waals surface area contributed by atoms with Crippen molar-refractivity contribution in [2.75, 3.05) is 32.8 Å². The molecule has 1 aliphatic heterocycles. The molecule has 2 aromatic rings. The number of nitrogens with zero attached hydrogens (tertiary/aromatic N) is 1. The molecule has 382 valence electrons. The molecule has 1 saturated heterocycles. The van der Waals surface area contributed by atoms with Crippen LogP contribution in [-0.4, -0.2) is 156 Å². The predicted octanol–water partition coefficient (Wildman–Crippen LogP) is -4.99. The summed E-state index contributed by atoms with van der Waals surface area (Å²) in [6.07, 6.45) is -2.40. The van der Waals surface area contributed by atoms with Crippen LogP contribution >= 0.6 is 0 Å². The number of aliphatic hydroxyl groups is 2. The molecular formula is C44H69N13O12. The van der Waals surface area contributed by atoms with E-state index in [-0.39, 0.29) is 75.0 Å². The van der Waals surface area contributed by atoms with Crippen molar-refractivity contribution in [3.63, 3.8) is 0 Å². The Morgan fingerprint density at radius 2 is 1.22 bits per heavy atom. The van der Waals surface area contributed by atoms with Gasteiger partial charge in [-0.25, -0.2) is 4.98 Å². The molecule has 0 aliphatic carbocycles. The lowest BCUT2D eigenvalue weighted by Gasteiger charge is -2.28. The maximum absolute atomic E-state index is 14.3. The van der Waals surface area contributed by atoms with Crippen molar-refractivity contribution >= 4 is 53.2 Å². The van der Waals surface area contributed by atoms with Crippen LogP contribution in [-0.2, 0) is 44.8 Å². The van der Waals surface area contributed by atoms with Gasteiger partial charge in [0.25, 0.3) is 5.91 Å². The Labute approximate surface area is 399 Å². The Bertz CT molecular complexity index is 2090. The second kappa shape index (κ2) is 28.1. The van der Waals surface area contributed by atoms with Gasteiger partial charge in [0.1, 0.15) is 54.1 Å². The Hall–Kier alpha value is -6.54. The van der Waals surface area contributed by atoms with Crippen molar-refractivity contribution in [3.8, 4) is 0 Å². The summed E-state index contributed by atoms with van der Waals surface area (Å²) in [7, 11) is 0. The van der Waals surface area contributed by atoms with E-state index in [1.807, 2.05) is 0 Å². The van der Waals surface area contributed by atoms with E-state index in [9.17, 15) is 53.4 Å². The van der Waals surface area contributed by atoms with Crippen molar-refractivity contribution in [2.24, 2.45) is 23.1 Å². The Morgan fingerprint density at radius 1 is 0.725 bits per heavy atom. The Balaban J connectivity index is 2.11. The van der Waals surface area contributed by atoms with E-state index in [2.05, 4.69) is 52.8 Å². The summed E-state index contributed by atoms with van der Waals surface area (Å²) in [6, 6.07) is -3.09. The lowest BCUT2D eigenvalue weighted by atomic mass is 10.00. The summed E-state index contributed by atoms with van der Waals surface area (Å²) >= 11 is 0. The molecule has 0 radical (unpaired) electrons. The van der Waals surface area contributed by atoms with E-state index in [1.165, 1.54) is 20.8 Å². The van der Waals surface area contributed by atoms with Gasteiger partial charge in [-0.2, -0.15) is 0 Å². The van der Waals surface area contributed by atoms with Crippen LogP contribution in [0.2, 0.25) is 0 Å². The number of rotatable bonds is 16. The van der Waals surface area contributed by atoms with Gasteiger partial charge in [-0.1, -0.05) is 44.2 Å². The van der Waals surface area contributed by atoms with Crippen LogP contribution in [0, 0.1) is 19.8 Å². The number of aromatic nitrogens is 1. The van der Waals surface area contributed by atoms with Gasteiger partial charge in [0.2, 0.25) is 47.3 Å². The predicted molar refractivity (Wildman–Crippen MR) is 248 cm³/mol. The van der Waals surface area contributed by atoms with E-state index in [1.54, 1.807) is 44.2 Å². The number of hydrogen-bond donors (Lipinski definition) is 14. The maximum Gasteiger partial charge on any atom is 0.274 e. The third-order valence-corrected chi connectivity index (χ3v) is 10.9. The zero-order chi connectivity index (χ0) is 51.4. The van der Waals surface area contributed by atoms with E-state index in [4.69, 9.17) is 21.6 Å². The average molecular weight is 972 g/mol. The standard InChI is InChI=1S/C44H69N13O12/c1-22(2)19-31-40(64)52-27(11-15-45)36(60)51-29(13-17-47)39(63)57-34(23(3)59)43(67)48-18-14-30(53-42(66)33(21-58)56-44(68)35-24(4)69-25(5)49-35)38(62)50-28(12-16-46)37(61)55-32(41(65)54-31)20-26-9-7-6-8-10-26/h6-10,22-23,27-34,58-59H,11-21,45-47H2,1-5H3,(H,48,67)(H,50,62)(H,51,60)(H,52,64)(H,53,66)(H,54,65)(H,55,61)(H,56,68)(H,57,63)/t23-,27+,28+,29+,30+,31+,32-,33-,34+/m1/s1. The molecule has 17 N–H and O–H groups in total. The minimum Gasteiger partial charge on any atom is -0.445 e. The second-order valence-corrected chi connectivity index (χ2v) is 17.1. The van der Waals surface area contributed by atoms with E-state index in [0.29, 0.717) is 5.56 Å². The van der Waals surface area contributed by atoms with Crippen LogP contribution in [0.5, 0.6) is 0 Å². The molecule has 1 aromatic heterocycles. The first kappa shape index (κ1) is 56.8. The normalized spacial score (nSPS) is 23.8. The lowest BCUT2D eigenvalue weighted by Crippen LogP contribution is -2.61. The molecule has 1 fully saturated rings. The summed E-state index contributed by atoms with van der Waals surface area (Å²) in [5, 5.41) is 43.5. The van der Waals surface area contributed by atoms with Gasteiger partial charge in [-0.15, -0.1) is 0 Å². The highest BCUT2D eigenvalue weighted by molar-refractivity contribution is 5.99. The molecule has 0 spiro atoms. The fourth-order valence-corrected chi connectivity index (χ4v) is 7.24. The van der Waals surface area contributed by atoms with Crippen LogP contribution in [0.25, 0.3) is 0 Å². The number of nitrogens with one attached hydrogen (secondary N) is 9. The summed E-state index contributed by atoms with van der Waals surface area (Å²) in [5.74, 6) is -8.04. The Morgan fingerprint density at radius 3 is 1.71 bits per heavy atom. The molecule has 2 heterocycles. The molecular weight excluding hydrogens is 903 g/mol. The smallest absolute Gasteiger partial charge is 0.274 e. The van der Waals surface area contributed by atoms with Gasteiger partial charge >= 0.3 is 0 Å². The number of carbonyl (C=O) groups excluding carboxylic acids is 9. The molecule has 1 aromatic carbocycles. The lowest BCUT2D eigenvalue weighted by molar-refractivity contribution is -0.136. The summed E-state index contributed by atoms with van der Waals surface area (Å²) in [4.78, 5) is 128. The SMILES string of the molecule is Cc1nc(C(=O)N[C@H](CO)C(=O)N[C@H]2CCNC(=O)[C@H]([C@@H](C)O)NC(=O)[C@H](CCN)NC(=O)[C@H](CCN)NC(=O)[C@H](CC(C)C)NC(=O)[C@@H](Cc3ccccc3)NC(=O)[C@H](CCN)NC2=O)c(C)o1. The van der Waals surface area contributed by atoms with Crippen LogP contribution < -0.4 is 65.1 Å². The highest BCUT2D eigenvalue weighted by atomic mass is 16.4. The minimum absolute atomic E-state index is 0.0703. The largest absolute Gasteiger partial charge is 0.445 e. The van der Waals surface area contributed by atoms with Crippen LogP contribution in [0.15, 0.2) is 34.7 Å². The molecule has 0 unspecified atom stereocenters. The molecule has 0 saturated carbocycles. The second-order valence-electron chi connectivity index (χ2n) is 17.1. The van der Waals surface area contributed by atoms with Gasteiger partial charge in [-0.3, -0.25) is 43.2 Å². The zero-order valence-electron chi connectivity index (χ0n) is 39.6. The number of amides is 9. The first-order valence-electron chi connectivity index (χ1n) is 22.8. The van der Waals surface area contributed by atoms with Gasteiger partial charge in [0.15, 0.2) is 11.6 Å². The average Bonchev–Trinajstić information content (AvgIpc) is 3.64. The number of hydrogen-bond acceptors (Lipinski definition) is 16. The zero-order valence-corrected chi connectivity index (χ0v) is 39.6. The van der Waals surface area contributed by atoms with Gasteiger partial charge in [0, 0.05) is 19.9 Å². The molecule has 9 atom stereocenters. The number of oxazole rings is 1. The quantitative estimate of drug-likeness (QED) is 0.0749. The third kappa shape index (κ3) is 17.8. The van der Waals surface area contributed by atoms with E-state index < -0.39 is 127 Å². The highest BCUT2D eigenvalue weighted by Crippen LogP contribution is 2.12. The summed E-state index contributed by atoms with van der Waals surface area (Å²) < 4.78 is 5.29. The molecule has 25 nitrogen and oxygen atoms in total. The number of aliphatic hydroxyl groups excluding tert-OH is 2. The molecule has 1 aliphatic rings. The van der Waals surface area contributed by atoms with Gasteiger partial charge in [-0.05, 0) is 77.1 Å². The molecule has 69 heavy (non-hydrogen) atoms. The minimum atomic E-state index is -1.65. The molecule has 0 bridgehead atoms. The topological polar surface area (TPSA) is 406 Å². The summed E-state index contributed by atoms with van der Waals surface area (Å²) in [6.45, 7) is 6.03. The van der Waals surface area contributed by atoms with Gasteiger partial charge < -0.3 is 79.7 Å². The molecule has 3 rings (SSSR count). The van der Waals surface area contributed by atoms with Gasteiger partial charge in [0.05, 0.1) is 12.7 Å². The fourth-order valence-electron chi connectivity index (χ4n) is 7.24. The van der Waals surface area contributed by atoms with Crippen molar-refractivity contribution in [1.82, 2.24) is 52.8 Å². The van der Waals surface area contributed by atoms with E-state index >= 15 is 0 Å². The Kier molecular flexibility index (Phi) is 23.1. The first-order chi connectivity index (χ1) is 32.7. The van der Waals surface area contributed by atoms with Crippen molar-refractivity contribution in [2.45, 2.75) is 128 Å². The third-order valence-electron chi connectivity index (χ3n) is 10.9. The van der Waals surface area contributed by atoms with Crippen LogP contribution in [0.3, 0.4) is 0 Å². The number of nitrogens with two attached hydrogens (primary N) is 3.